The topological polar surface area (TPSA) is 143 Å². The number of aliphatic carboxylic acids is 1. The molecule has 4 N–H and O–H groups in total. The largest absolute Gasteiger partial charge is 0.477 e. The summed E-state index contributed by atoms with van der Waals surface area (Å²) in [7, 11) is 0. The zero-order chi connectivity index (χ0) is 24.2. The van der Waals surface area contributed by atoms with E-state index in [0.717, 1.165) is 9.90 Å². The number of carboxylic acid groups (broad SMARTS) is 1. The summed E-state index contributed by atoms with van der Waals surface area (Å²) in [5.74, 6) is -1.88. The first-order valence-electron chi connectivity index (χ1n) is 10.1. The van der Waals surface area contributed by atoms with E-state index in [1.54, 1.807) is 5.38 Å². The molecule has 2 aliphatic heterocycles. The highest BCUT2D eigenvalue weighted by molar-refractivity contribution is 8.18. The van der Waals surface area contributed by atoms with E-state index in [0.29, 0.717) is 21.4 Å². The second kappa shape index (κ2) is 10.8. The Morgan fingerprint density at radius 1 is 1.21 bits per heavy atom. The van der Waals surface area contributed by atoms with Gasteiger partial charge in [-0.1, -0.05) is 42.1 Å². The summed E-state index contributed by atoms with van der Waals surface area (Å²) in [6.07, 6.45) is 0.233. The van der Waals surface area contributed by atoms with Crippen LogP contribution in [0.3, 0.4) is 0 Å². The molecule has 2 aromatic rings. The molecule has 178 valence electrons. The van der Waals surface area contributed by atoms with Gasteiger partial charge in [-0.3, -0.25) is 19.3 Å². The van der Waals surface area contributed by atoms with Crippen LogP contribution in [0, 0.1) is 0 Å². The number of nitrogens with zero attached hydrogens (tertiary/aromatic N) is 2. The Labute approximate surface area is 211 Å². The van der Waals surface area contributed by atoms with Crippen molar-refractivity contribution in [3.05, 3.63) is 57.6 Å². The van der Waals surface area contributed by atoms with Gasteiger partial charge >= 0.3 is 5.97 Å². The van der Waals surface area contributed by atoms with Crippen molar-refractivity contribution in [2.45, 2.75) is 28.6 Å². The van der Waals surface area contributed by atoms with E-state index in [1.165, 1.54) is 51.5 Å². The molecule has 0 aliphatic carbocycles. The SMILES string of the molecule is NC(=O)Cc1csc(SCSC2=C(C(=O)O)N3C(=O)[C@@H](NC(=O)Cc4ccccc4)[C@H]3SC2)n1. The van der Waals surface area contributed by atoms with E-state index in [2.05, 4.69) is 10.3 Å². The zero-order valence-electron chi connectivity index (χ0n) is 17.6. The summed E-state index contributed by atoms with van der Waals surface area (Å²) in [6, 6.07) is 8.47. The molecule has 0 spiro atoms. The molecule has 1 aromatic carbocycles. The lowest BCUT2D eigenvalue weighted by Crippen LogP contribution is -2.70. The number of aromatic nitrogens is 1. The first-order valence-corrected chi connectivity index (χ1v) is 14.0. The number of carboxylic acids is 1. The van der Waals surface area contributed by atoms with E-state index >= 15 is 0 Å². The Kier molecular flexibility index (Phi) is 7.86. The van der Waals surface area contributed by atoms with Gasteiger partial charge in [0.25, 0.3) is 5.91 Å². The van der Waals surface area contributed by atoms with Crippen molar-refractivity contribution in [2.75, 3.05) is 10.8 Å². The van der Waals surface area contributed by atoms with E-state index in [9.17, 15) is 24.3 Å². The number of carbonyl (C=O) groups excluding carboxylic acids is 3. The van der Waals surface area contributed by atoms with Crippen LogP contribution in [0.15, 0.2) is 50.7 Å². The van der Waals surface area contributed by atoms with Crippen molar-refractivity contribution < 1.29 is 24.3 Å². The van der Waals surface area contributed by atoms with Crippen molar-refractivity contribution >= 4 is 70.3 Å². The number of primary amides is 1. The summed E-state index contributed by atoms with van der Waals surface area (Å²) in [5.41, 5.74) is 6.60. The number of nitrogens with two attached hydrogens (primary N) is 1. The van der Waals surface area contributed by atoms with Gasteiger partial charge in [-0.2, -0.15) is 0 Å². The van der Waals surface area contributed by atoms with Gasteiger partial charge in [-0.25, -0.2) is 9.78 Å². The van der Waals surface area contributed by atoms with Crippen molar-refractivity contribution in [3.8, 4) is 0 Å². The van der Waals surface area contributed by atoms with Gasteiger partial charge < -0.3 is 16.2 Å². The Morgan fingerprint density at radius 2 is 1.97 bits per heavy atom. The molecule has 9 nitrogen and oxygen atoms in total. The van der Waals surface area contributed by atoms with Crippen LogP contribution in [-0.4, -0.2) is 60.9 Å². The predicted octanol–water partition coefficient (Wildman–Crippen LogP) is 1.89. The Bertz CT molecular complexity index is 1150. The van der Waals surface area contributed by atoms with Crippen LogP contribution in [0.1, 0.15) is 11.3 Å². The minimum absolute atomic E-state index is 0.0264. The second-order valence-corrected chi connectivity index (χ2v) is 12.0. The first kappa shape index (κ1) is 24.6. The van der Waals surface area contributed by atoms with Crippen LogP contribution in [0.2, 0.25) is 0 Å². The number of amides is 3. The lowest BCUT2D eigenvalue weighted by molar-refractivity contribution is -0.150. The maximum Gasteiger partial charge on any atom is 0.353 e. The third kappa shape index (κ3) is 5.59. The molecular formula is C21H20N4O5S4. The van der Waals surface area contributed by atoms with Gasteiger partial charge in [0, 0.05) is 16.0 Å². The van der Waals surface area contributed by atoms with Gasteiger partial charge in [-0.15, -0.1) is 34.9 Å². The van der Waals surface area contributed by atoms with E-state index in [4.69, 9.17) is 5.73 Å². The lowest BCUT2D eigenvalue weighted by Gasteiger charge is -2.49. The van der Waals surface area contributed by atoms with Crippen LogP contribution in [-0.2, 0) is 32.0 Å². The number of hydrogen-bond donors (Lipinski definition) is 3. The second-order valence-electron chi connectivity index (χ2n) is 7.35. The normalized spacial score (nSPS) is 19.4. The summed E-state index contributed by atoms with van der Waals surface area (Å²) in [4.78, 5) is 54.4. The summed E-state index contributed by atoms with van der Waals surface area (Å²) in [5, 5.41) is 14.4. The van der Waals surface area contributed by atoms with Crippen LogP contribution in [0.4, 0.5) is 0 Å². The minimum Gasteiger partial charge on any atom is -0.477 e. The smallest absolute Gasteiger partial charge is 0.353 e. The molecule has 4 rings (SSSR count). The zero-order valence-corrected chi connectivity index (χ0v) is 20.9. The summed E-state index contributed by atoms with van der Waals surface area (Å²) in [6.45, 7) is 0. The van der Waals surface area contributed by atoms with E-state index in [1.807, 2.05) is 30.3 Å². The van der Waals surface area contributed by atoms with Crippen molar-refractivity contribution in [1.29, 1.82) is 0 Å². The number of rotatable bonds is 10. The predicted molar refractivity (Wildman–Crippen MR) is 133 cm³/mol. The highest BCUT2D eigenvalue weighted by Gasteiger charge is 2.54. The molecule has 1 fully saturated rings. The standard InChI is InChI=1S/C21H20N4O5S4/c22-14(26)7-12-8-32-21(23-12)34-10-33-13-9-31-19-16(18(28)25(19)17(13)20(29)30)24-15(27)6-11-4-2-1-3-5-11/h1-5,8,16,19H,6-7,9-10H2,(H2,22,26)(H,24,27)(H,29,30)/t16-,19-/m1/s1. The van der Waals surface area contributed by atoms with E-state index < -0.39 is 29.2 Å². The summed E-state index contributed by atoms with van der Waals surface area (Å²) < 4.78 is 0.754. The van der Waals surface area contributed by atoms with Gasteiger partial charge in [0.15, 0.2) is 4.34 Å². The highest BCUT2D eigenvalue weighted by atomic mass is 32.2. The molecule has 0 saturated carbocycles. The molecule has 34 heavy (non-hydrogen) atoms. The van der Waals surface area contributed by atoms with Crippen LogP contribution >= 0.6 is 46.6 Å². The number of nitrogens with one attached hydrogen (secondary N) is 1. The van der Waals surface area contributed by atoms with Crippen LogP contribution in [0.25, 0.3) is 0 Å². The fourth-order valence-electron chi connectivity index (χ4n) is 3.47. The van der Waals surface area contributed by atoms with Crippen molar-refractivity contribution in [1.82, 2.24) is 15.2 Å². The molecule has 0 radical (unpaired) electrons. The fourth-order valence-corrected chi connectivity index (χ4v) is 8.31. The van der Waals surface area contributed by atoms with Gasteiger partial charge in [0.1, 0.15) is 17.1 Å². The number of carbonyl (C=O) groups is 4. The van der Waals surface area contributed by atoms with Crippen LogP contribution in [0.5, 0.6) is 0 Å². The fraction of sp³-hybridized carbons (Fsp3) is 0.286. The van der Waals surface area contributed by atoms with E-state index in [-0.39, 0.29) is 24.4 Å². The highest BCUT2D eigenvalue weighted by Crippen LogP contribution is 2.44. The average molecular weight is 537 g/mol. The molecule has 13 heteroatoms. The van der Waals surface area contributed by atoms with Crippen molar-refractivity contribution in [2.24, 2.45) is 5.73 Å². The number of hydrogen-bond acceptors (Lipinski definition) is 9. The molecule has 0 bridgehead atoms. The maximum atomic E-state index is 12.8. The third-order valence-corrected chi connectivity index (χ3v) is 9.72. The Balaban J connectivity index is 1.36. The minimum atomic E-state index is -1.17. The number of thiazole rings is 1. The third-order valence-electron chi connectivity index (χ3n) is 4.96. The number of benzene rings is 1. The van der Waals surface area contributed by atoms with Crippen molar-refractivity contribution in [3.63, 3.8) is 0 Å². The summed E-state index contributed by atoms with van der Waals surface area (Å²) >= 11 is 5.60. The molecule has 1 aromatic heterocycles. The quantitative estimate of drug-likeness (QED) is 0.236. The molecule has 1 saturated heterocycles. The first-order chi connectivity index (χ1) is 16.3. The monoisotopic (exact) mass is 536 g/mol. The molecule has 3 amide bonds. The van der Waals surface area contributed by atoms with Gasteiger partial charge in [-0.05, 0) is 5.56 Å². The number of β-lactam (4-membered cyclic amide) rings is 1. The molecule has 2 atom stereocenters. The average Bonchev–Trinajstić information content (AvgIpc) is 3.24. The number of thioether (sulfide) groups is 3. The molecule has 3 heterocycles. The van der Waals surface area contributed by atoms with Crippen LogP contribution < -0.4 is 11.1 Å². The van der Waals surface area contributed by atoms with Gasteiger partial charge in [0.2, 0.25) is 11.8 Å². The Morgan fingerprint density at radius 3 is 2.68 bits per heavy atom. The lowest BCUT2D eigenvalue weighted by atomic mass is 10.0. The molecule has 0 unspecified atom stereocenters. The Hall–Kier alpha value is -2.48. The molecular weight excluding hydrogens is 517 g/mol. The molecule has 2 aliphatic rings. The maximum absolute atomic E-state index is 12.8. The number of fused-ring (bicyclic) bond motifs is 1. The van der Waals surface area contributed by atoms with Gasteiger partial charge in [0.05, 0.1) is 23.6 Å².